The van der Waals surface area contributed by atoms with E-state index in [1.54, 1.807) is 0 Å². The summed E-state index contributed by atoms with van der Waals surface area (Å²) in [6.07, 6.45) is 0.862. The van der Waals surface area contributed by atoms with Gasteiger partial charge in [0.25, 0.3) is 0 Å². The quantitative estimate of drug-likeness (QED) is 0.368. The van der Waals surface area contributed by atoms with Crippen LogP contribution in [0.4, 0.5) is 0 Å². The molecule has 0 aromatic heterocycles. The van der Waals surface area contributed by atoms with E-state index in [9.17, 15) is 0 Å². The molecule has 0 saturated carbocycles. The van der Waals surface area contributed by atoms with Crippen LogP contribution in [0.5, 0.6) is 0 Å². The van der Waals surface area contributed by atoms with E-state index in [0.29, 0.717) is 0 Å². The Balaban J connectivity index is 3.11. The molecule has 0 spiro atoms. The largest absolute Gasteiger partial charge is 0.174 e. The number of thiocarbonyl (C=S) groups is 1. The fraction of sp³-hybridized carbons (Fsp3) is 0.533. The van der Waals surface area contributed by atoms with Crippen molar-refractivity contribution < 1.29 is 0 Å². The van der Waals surface area contributed by atoms with Crippen molar-refractivity contribution in [1.82, 2.24) is 0 Å². The molecule has 1 aromatic rings. The van der Waals surface area contributed by atoms with Crippen LogP contribution < -0.4 is 0 Å². The maximum absolute atomic E-state index is 5.88. The Kier molecular flexibility index (Phi) is 5.93. The van der Waals surface area contributed by atoms with Gasteiger partial charge in [0.05, 0.1) is 16.1 Å². The van der Waals surface area contributed by atoms with Crippen LogP contribution in [0.15, 0.2) is 28.7 Å². The van der Waals surface area contributed by atoms with Gasteiger partial charge in [-0.1, -0.05) is 79.6 Å². The van der Waals surface area contributed by atoms with E-state index in [4.69, 9.17) is 24.8 Å². The minimum Gasteiger partial charge on any atom is -0.174 e. The predicted molar refractivity (Wildman–Crippen MR) is 109 cm³/mol. The summed E-state index contributed by atoms with van der Waals surface area (Å²) < 4.78 is 1.09. The first-order valence-electron chi connectivity index (χ1n) is 6.90. The predicted octanol–water partition coefficient (Wildman–Crippen LogP) is 5.78. The summed E-state index contributed by atoms with van der Waals surface area (Å²) in [7, 11) is -3.00. The zero-order chi connectivity index (χ0) is 15.8. The molecule has 0 fully saturated rings. The molecule has 0 unspecified atom stereocenters. The summed E-state index contributed by atoms with van der Waals surface area (Å²) in [4.78, 5) is 1.14. The van der Waals surface area contributed by atoms with Crippen molar-refractivity contribution in [2.45, 2.75) is 49.7 Å². The first kappa shape index (κ1) is 18.6. The fourth-order valence-corrected chi connectivity index (χ4v) is 16.1. The number of rotatable bonds is 5. The molecule has 0 N–H and O–H groups in total. The number of halogens is 1. The van der Waals surface area contributed by atoms with Gasteiger partial charge in [-0.25, -0.2) is 0 Å². The van der Waals surface area contributed by atoms with Crippen molar-refractivity contribution >= 4 is 61.8 Å². The van der Waals surface area contributed by atoms with Gasteiger partial charge in [-0.3, -0.25) is 0 Å². The van der Waals surface area contributed by atoms with Gasteiger partial charge in [-0.05, 0) is 17.7 Å². The van der Waals surface area contributed by atoms with E-state index in [0.717, 1.165) is 15.8 Å². The third-order valence-corrected chi connectivity index (χ3v) is 19.1. The van der Waals surface area contributed by atoms with E-state index in [1.165, 1.54) is 5.56 Å². The van der Waals surface area contributed by atoms with Crippen LogP contribution in [0, 0.1) is 0 Å². The lowest BCUT2D eigenvalue weighted by molar-refractivity contribution is 1.24. The summed E-state index contributed by atoms with van der Waals surface area (Å²) in [6.45, 7) is 14.4. The molecular formula is C15H25BrS2Si2. The topological polar surface area (TPSA) is 0 Å². The molecule has 0 aliphatic rings. The van der Waals surface area contributed by atoms with E-state index < -0.39 is 16.1 Å². The van der Waals surface area contributed by atoms with Crippen LogP contribution in [0.3, 0.4) is 0 Å². The van der Waals surface area contributed by atoms with Gasteiger partial charge in [0, 0.05) is 19.8 Å². The summed E-state index contributed by atoms with van der Waals surface area (Å²) in [5, 5.41) is 0. The molecule has 0 amide bonds. The molecule has 0 bridgehead atoms. The number of benzene rings is 1. The molecule has 0 atom stereocenters. The molecule has 0 aliphatic carbocycles. The van der Waals surface area contributed by atoms with Crippen LogP contribution in [0.1, 0.15) is 5.56 Å². The third-order valence-electron chi connectivity index (χ3n) is 3.85. The van der Waals surface area contributed by atoms with E-state index in [1.807, 2.05) is 0 Å². The monoisotopic (exact) mass is 404 g/mol. The summed E-state index contributed by atoms with van der Waals surface area (Å²) in [5.74, 6) is 0. The highest BCUT2D eigenvalue weighted by atomic mass is 79.9. The van der Waals surface area contributed by atoms with Crippen molar-refractivity contribution in [3.8, 4) is 0 Å². The van der Waals surface area contributed by atoms with Crippen LogP contribution in [-0.4, -0.2) is 25.0 Å². The minimum absolute atomic E-state index is 0.0254. The lowest BCUT2D eigenvalue weighted by atomic mass is 10.1. The maximum Gasteiger partial charge on any atom is 0.0649 e. The molecule has 1 aromatic carbocycles. The lowest BCUT2D eigenvalue weighted by Gasteiger charge is -2.49. The molecule has 5 heteroatoms. The Hall–Kier alpha value is 0.574. The third kappa shape index (κ3) is 3.86. The second-order valence-electron chi connectivity index (χ2n) is 7.44. The van der Waals surface area contributed by atoms with Gasteiger partial charge < -0.3 is 0 Å². The number of thiol groups is 1. The minimum atomic E-state index is -1.50. The van der Waals surface area contributed by atoms with Crippen LogP contribution >= 0.6 is 40.8 Å². The molecule has 1 rings (SSSR count). The summed E-state index contributed by atoms with van der Waals surface area (Å²) in [5.41, 5.74) is 1.29. The van der Waals surface area contributed by atoms with Crippen molar-refractivity contribution in [1.29, 1.82) is 0 Å². The first-order chi connectivity index (χ1) is 8.89. The van der Waals surface area contributed by atoms with Crippen molar-refractivity contribution in [2.75, 3.05) is 0 Å². The van der Waals surface area contributed by atoms with Crippen molar-refractivity contribution in [3.05, 3.63) is 34.3 Å². The molecule has 20 heavy (non-hydrogen) atoms. The van der Waals surface area contributed by atoms with Gasteiger partial charge in [-0.15, -0.1) is 0 Å². The zero-order valence-corrected chi connectivity index (χ0v) is 18.5. The van der Waals surface area contributed by atoms with Gasteiger partial charge in [0.1, 0.15) is 0 Å². The maximum atomic E-state index is 5.88. The standard InChI is InChI=1S/C15H25BrS2Si2/c1-19(2,3)15(18,20(4,5)6)14(17)11-12-7-9-13(16)10-8-12/h7-10,18H,11H2,1-6H3. The molecule has 0 radical (unpaired) electrons. The second kappa shape index (κ2) is 6.36. The van der Waals surface area contributed by atoms with Crippen molar-refractivity contribution in [2.24, 2.45) is 0 Å². The smallest absolute Gasteiger partial charge is 0.0649 e. The van der Waals surface area contributed by atoms with Crippen LogP contribution in [-0.2, 0) is 6.42 Å². The highest BCUT2D eigenvalue weighted by molar-refractivity contribution is 9.10. The van der Waals surface area contributed by atoms with E-state index in [-0.39, 0.29) is 3.99 Å². The summed E-state index contributed by atoms with van der Waals surface area (Å²) in [6, 6.07) is 8.47. The van der Waals surface area contributed by atoms with Crippen LogP contribution in [0.25, 0.3) is 0 Å². The van der Waals surface area contributed by atoms with Gasteiger partial charge in [-0.2, -0.15) is 12.6 Å². The average molecular weight is 406 g/mol. The molecule has 0 aliphatic heterocycles. The lowest BCUT2D eigenvalue weighted by Crippen LogP contribution is -2.67. The second-order valence-corrected chi connectivity index (χ2v) is 21.4. The van der Waals surface area contributed by atoms with Gasteiger partial charge in [0.15, 0.2) is 0 Å². The van der Waals surface area contributed by atoms with Gasteiger partial charge in [0.2, 0.25) is 0 Å². The van der Waals surface area contributed by atoms with Gasteiger partial charge >= 0.3 is 0 Å². The number of hydrogen-bond donors (Lipinski definition) is 1. The average Bonchev–Trinajstić information content (AvgIpc) is 2.28. The Morgan fingerprint density at radius 3 is 1.80 bits per heavy atom. The Bertz CT molecular complexity index is 470. The Morgan fingerprint density at radius 1 is 1.05 bits per heavy atom. The van der Waals surface area contributed by atoms with E-state index in [2.05, 4.69) is 79.5 Å². The number of hydrogen-bond acceptors (Lipinski definition) is 2. The first-order valence-corrected chi connectivity index (χ1v) is 15.5. The molecule has 0 saturated heterocycles. The highest BCUT2D eigenvalue weighted by Gasteiger charge is 2.52. The van der Waals surface area contributed by atoms with Crippen molar-refractivity contribution in [3.63, 3.8) is 0 Å². The zero-order valence-electron chi connectivity index (χ0n) is 13.2. The normalized spacial score (nSPS) is 13.4. The van der Waals surface area contributed by atoms with E-state index >= 15 is 0 Å². The molecule has 0 nitrogen and oxygen atoms in total. The Morgan fingerprint density at radius 2 is 1.45 bits per heavy atom. The highest BCUT2D eigenvalue weighted by Crippen LogP contribution is 2.39. The Labute approximate surface area is 145 Å². The van der Waals surface area contributed by atoms with Crippen LogP contribution in [0.2, 0.25) is 39.3 Å². The molecular weight excluding hydrogens is 380 g/mol. The summed E-state index contributed by atoms with van der Waals surface area (Å²) >= 11 is 14.6. The SMILES string of the molecule is C[Si](C)(C)C(S)(C(=S)Cc1ccc(Br)cc1)[Si](C)(C)C. The molecule has 0 heterocycles. The fourth-order valence-electron chi connectivity index (χ4n) is 2.88. The molecule has 112 valence electrons.